The number of nitrogens with two attached hydrogens (primary N) is 4. The van der Waals surface area contributed by atoms with Gasteiger partial charge in [-0.2, -0.15) is 0 Å². The van der Waals surface area contributed by atoms with Crippen molar-refractivity contribution in [1.29, 1.82) is 0 Å². The average molecular weight is 515 g/mol. The Balaban J connectivity index is 5.68. The van der Waals surface area contributed by atoms with Crippen LogP contribution in [-0.4, -0.2) is 71.4 Å². The lowest BCUT2D eigenvalue weighted by Gasteiger charge is -2.28. The van der Waals surface area contributed by atoms with Gasteiger partial charge >= 0.3 is 5.97 Å². The van der Waals surface area contributed by atoms with Crippen molar-refractivity contribution in [3.63, 3.8) is 0 Å². The lowest BCUT2D eigenvalue weighted by Crippen LogP contribution is -2.59. The van der Waals surface area contributed by atoms with Crippen LogP contribution >= 0.6 is 0 Å². The molecule has 0 aromatic carbocycles. The number of nitrogens with zero attached hydrogens (tertiary/aromatic N) is 1. The summed E-state index contributed by atoms with van der Waals surface area (Å²) in [6.07, 6.45) is 0.751. The fourth-order valence-corrected chi connectivity index (χ4v) is 3.28. The number of primary amides is 1. The number of rotatable bonds is 17. The number of aliphatic imine (C=N–C) groups is 1. The lowest BCUT2D eigenvalue weighted by molar-refractivity contribution is -0.144. The number of carbonyl (C=O) groups excluding carboxylic acids is 4. The standard InChI is InChI=1S/C22H42N8O6/c1-5-12(4)17(20(34)29-15(21(35)36)10-16(24)31)30-19(33)14(7-6-8-27-22(25)26)28-18(32)13(23)9-11(2)3/h11-15,17H,5-10,23H2,1-4H3,(H2,24,31)(H,28,32)(H,29,34)(H,30,33)(H,35,36)(H4,25,26,27). The molecular weight excluding hydrogens is 472 g/mol. The second-order valence-corrected chi connectivity index (χ2v) is 9.19. The van der Waals surface area contributed by atoms with E-state index in [4.69, 9.17) is 22.9 Å². The smallest absolute Gasteiger partial charge is 0.326 e. The minimum atomic E-state index is -1.55. The Labute approximate surface area is 211 Å². The highest BCUT2D eigenvalue weighted by molar-refractivity contribution is 5.95. The van der Waals surface area contributed by atoms with Crippen molar-refractivity contribution in [2.75, 3.05) is 6.54 Å². The number of hydrogen-bond acceptors (Lipinski definition) is 7. The molecule has 5 unspecified atom stereocenters. The second kappa shape index (κ2) is 16.3. The highest BCUT2D eigenvalue weighted by Crippen LogP contribution is 2.11. The van der Waals surface area contributed by atoms with Crippen LogP contribution in [0, 0.1) is 11.8 Å². The molecule has 0 aliphatic rings. The summed E-state index contributed by atoms with van der Waals surface area (Å²) in [6, 6.07) is -4.58. The first kappa shape index (κ1) is 32.6. The maximum atomic E-state index is 13.2. The summed E-state index contributed by atoms with van der Waals surface area (Å²) in [4.78, 5) is 65.1. The minimum absolute atomic E-state index is 0.114. The lowest BCUT2D eigenvalue weighted by atomic mass is 9.96. The van der Waals surface area contributed by atoms with Gasteiger partial charge in [-0.3, -0.25) is 24.2 Å². The number of nitrogens with one attached hydrogen (secondary N) is 3. The van der Waals surface area contributed by atoms with Crippen molar-refractivity contribution >= 4 is 35.6 Å². The third-order valence-corrected chi connectivity index (χ3v) is 5.45. The average Bonchev–Trinajstić information content (AvgIpc) is 2.76. The van der Waals surface area contributed by atoms with Crippen molar-refractivity contribution in [1.82, 2.24) is 16.0 Å². The number of hydrogen-bond donors (Lipinski definition) is 8. The van der Waals surface area contributed by atoms with Crippen LogP contribution in [0.4, 0.5) is 0 Å². The number of carbonyl (C=O) groups is 5. The van der Waals surface area contributed by atoms with Crippen LogP contribution < -0.4 is 38.9 Å². The summed E-state index contributed by atoms with van der Waals surface area (Å²) in [7, 11) is 0. The fourth-order valence-electron chi connectivity index (χ4n) is 3.28. The Kier molecular flexibility index (Phi) is 14.7. The Bertz CT molecular complexity index is 799. The Morgan fingerprint density at radius 2 is 1.47 bits per heavy atom. The molecule has 14 nitrogen and oxygen atoms in total. The largest absolute Gasteiger partial charge is 0.480 e. The van der Waals surface area contributed by atoms with Crippen LogP contribution in [0.3, 0.4) is 0 Å². The number of aliphatic carboxylic acids is 1. The molecule has 0 radical (unpaired) electrons. The number of amides is 4. The SMILES string of the molecule is CCC(C)C(NC(=O)C(CCCN=C(N)N)NC(=O)C(N)CC(C)C)C(=O)NC(CC(N)=O)C(=O)O. The van der Waals surface area contributed by atoms with Crippen molar-refractivity contribution in [3.8, 4) is 0 Å². The highest BCUT2D eigenvalue weighted by Gasteiger charge is 2.33. The first-order chi connectivity index (χ1) is 16.7. The molecule has 36 heavy (non-hydrogen) atoms. The molecule has 0 spiro atoms. The molecule has 0 saturated heterocycles. The molecule has 0 aliphatic carbocycles. The Morgan fingerprint density at radius 1 is 0.889 bits per heavy atom. The number of carboxylic acid groups (broad SMARTS) is 1. The van der Waals surface area contributed by atoms with Gasteiger partial charge in [0.15, 0.2) is 5.96 Å². The maximum absolute atomic E-state index is 13.2. The number of guanidine groups is 1. The molecule has 12 N–H and O–H groups in total. The van der Waals surface area contributed by atoms with Gasteiger partial charge in [-0.15, -0.1) is 0 Å². The normalized spacial score (nSPS) is 15.1. The molecule has 0 saturated carbocycles. The van der Waals surface area contributed by atoms with Crippen LogP contribution in [0.15, 0.2) is 4.99 Å². The molecule has 0 heterocycles. The molecule has 14 heteroatoms. The van der Waals surface area contributed by atoms with Gasteiger partial charge in [-0.25, -0.2) is 4.79 Å². The third-order valence-electron chi connectivity index (χ3n) is 5.45. The molecule has 0 rings (SSSR count). The van der Waals surface area contributed by atoms with Gasteiger partial charge in [0.25, 0.3) is 0 Å². The van der Waals surface area contributed by atoms with Gasteiger partial charge in [0.1, 0.15) is 18.1 Å². The van der Waals surface area contributed by atoms with E-state index in [2.05, 4.69) is 20.9 Å². The van der Waals surface area contributed by atoms with Gasteiger partial charge in [-0.1, -0.05) is 34.1 Å². The predicted molar refractivity (Wildman–Crippen MR) is 134 cm³/mol. The number of carboxylic acids is 1. The van der Waals surface area contributed by atoms with Crippen molar-refractivity contribution < 1.29 is 29.1 Å². The summed E-state index contributed by atoms with van der Waals surface area (Å²) in [6.45, 7) is 7.51. The van der Waals surface area contributed by atoms with Gasteiger partial charge < -0.3 is 44.0 Å². The van der Waals surface area contributed by atoms with E-state index in [0.717, 1.165) is 0 Å². The molecule has 0 aromatic heterocycles. The first-order valence-corrected chi connectivity index (χ1v) is 11.9. The van der Waals surface area contributed by atoms with E-state index in [9.17, 15) is 29.1 Å². The van der Waals surface area contributed by atoms with Crippen molar-refractivity contribution in [3.05, 3.63) is 0 Å². The summed E-state index contributed by atoms with van der Waals surface area (Å²) >= 11 is 0. The van der Waals surface area contributed by atoms with Crippen LogP contribution in [0.2, 0.25) is 0 Å². The van der Waals surface area contributed by atoms with E-state index in [-0.39, 0.29) is 24.8 Å². The van der Waals surface area contributed by atoms with Crippen molar-refractivity contribution in [2.24, 2.45) is 39.8 Å². The van der Waals surface area contributed by atoms with Crippen LogP contribution in [0.5, 0.6) is 0 Å². The van der Waals surface area contributed by atoms with E-state index in [1.54, 1.807) is 13.8 Å². The zero-order chi connectivity index (χ0) is 28.0. The van der Waals surface area contributed by atoms with E-state index >= 15 is 0 Å². The topological polar surface area (TPSA) is 258 Å². The molecule has 4 amide bonds. The monoisotopic (exact) mass is 514 g/mol. The summed E-state index contributed by atoms with van der Waals surface area (Å²) in [5.74, 6) is -4.70. The molecular formula is C22H42N8O6. The zero-order valence-corrected chi connectivity index (χ0v) is 21.5. The van der Waals surface area contributed by atoms with E-state index in [1.807, 2.05) is 13.8 Å². The van der Waals surface area contributed by atoms with E-state index in [0.29, 0.717) is 19.3 Å². The van der Waals surface area contributed by atoms with E-state index in [1.165, 1.54) is 0 Å². The zero-order valence-electron chi connectivity index (χ0n) is 21.5. The molecule has 0 fully saturated rings. The second-order valence-electron chi connectivity index (χ2n) is 9.19. The molecule has 0 aliphatic heterocycles. The quantitative estimate of drug-likeness (QED) is 0.0598. The van der Waals surface area contributed by atoms with Gasteiger partial charge in [0.05, 0.1) is 12.5 Å². The molecule has 5 atom stereocenters. The minimum Gasteiger partial charge on any atom is -0.480 e. The Hall–Kier alpha value is -3.42. The Morgan fingerprint density at radius 3 is 1.94 bits per heavy atom. The van der Waals surface area contributed by atoms with Crippen LogP contribution in [0.1, 0.15) is 59.8 Å². The van der Waals surface area contributed by atoms with Gasteiger partial charge in [0, 0.05) is 6.54 Å². The van der Waals surface area contributed by atoms with Gasteiger partial charge in [-0.05, 0) is 31.1 Å². The third kappa shape index (κ3) is 12.9. The summed E-state index contributed by atoms with van der Waals surface area (Å²) in [5, 5.41) is 16.8. The highest BCUT2D eigenvalue weighted by atomic mass is 16.4. The van der Waals surface area contributed by atoms with E-state index < -0.39 is 66.1 Å². The summed E-state index contributed by atoms with van der Waals surface area (Å²) < 4.78 is 0. The first-order valence-electron chi connectivity index (χ1n) is 11.9. The van der Waals surface area contributed by atoms with Crippen LogP contribution in [-0.2, 0) is 24.0 Å². The molecule has 0 aromatic rings. The maximum Gasteiger partial charge on any atom is 0.326 e. The molecule has 206 valence electrons. The fraction of sp³-hybridized carbons (Fsp3) is 0.727. The molecule has 0 bridgehead atoms. The summed E-state index contributed by atoms with van der Waals surface area (Å²) in [5.41, 5.74) is 21.7. The van der Waals surface area contributed by atoms with Crippen molar-refractivity contribution in [2.45, 2.75) is 84.0 Å². The predicted octanol–water partition coefficient (Wildman–Crippen LogP) is -2.13. The van der Waals surface area contributed by atoms with Crippen LogP contribution in [0.25, 0.3) is 0 Å². The van der Waals surface area contributed by atoms with Gasteiger partial charge in [0.2, 0.25) is 23.6 Å².